The van der Waals surface area contributed by atoms with Crippen molar-refractivity contribution < 1.29 is 8.42 Å². The van der Waals surface area contributed by atoms with E-state index in [1.165, 1.54) is 0 Å². The third-order valence-electron chi connectivity index (χ3n) is 3.15. The summed E-state index contributed by atoms with van der Waals surface area (Å²) >= 11 is 0. The van der Waals surface area contributed by atoms with Gasteiger partial charge in [-0.15, -0.1) is 0 Å². The number of nitrogens with one attached hydrogen (secondary N) is 2. The molecule has 114 valence electrons. The first-order valence-corrected chi connectivity index (χ1v) is 8.33. The van der Waals surface area contributed by atoms with Gasteiger partial charge in [-0.3, -0.25) is 5.84 Å². The number of benzene rings is 1. The normalized spacial score (nSPS) is 11.9. The SMILES string of the molecule is Cc1cc(NN)cc(C)c1S(=O)(=O)NCCCC(C)C. The Labute approximate surface area is 122 Å². The zero-order valence-electron chi connectivity index (χ0n) is 12.7. The van der Waals surface area contributed by atoms with E-state index in [-0.39, 0.29) is 0 Å². The first-order valence-electron chi connectivity index (χ1n) is 6.85. The van der Waals surface area contributed by atoms with Gasteiger partial charge < -0.3 is 5.43 Å². The molecule has 0 aliphatic carbocycles. The van der Waals surface area contributed by atoms with Crippen LogP contribution in [0, 0.1) is 19.8 Å². The number of sulfonamides is 1. The van der Waals surface area contributed by atoms with Crippen LogP contribution in [-0.4, -0.2) is 15.0 Å². The predicted octanol–water partition coefficient (Wildman–Crippen LogP) is 2.30. The van der Waals surface area contributed by atoms with Crippen LogP contribution in [-0.2, 0) is 10.0 Å². The lowest BCUT2D eigenvalue weighted by atomic mass is 10.1. The lowest BCUT2D eigenvalue weighted by Gasteiger charge is -2.14. The second-order valence-corrected chi connectivity index (χ2v) is 7.22. The summed E-state index contributed by atoms with van der Waals surface area (Å²) in [5, 5.41) is 0. The van der Waals surface area contributed by atoms with Crippen LogP contribution >= 0.6 is 0 Å². The molecule has 1 rings (SSSR count). The van der Waals surface area contributed by atoms with Crippen molar-refractivity contribution >= 4 is 15.7 Å². The number of anilines is 1. The van der Waals surface area contributed by atoms with Crippen LogP contribution in [0.15, 0.2) is 17.0 Å². The van der Waals surface area contributed by atoms with E-state index in [0.717, 1.165) is 12.8 Å². The second kappa shape index (κ2) is 7.06. The average molecular weight is 299 g/mol. The first kappa shape index (κ1) is 16.9. The Morgan fingerprint density at radius 1 is 1.20 bits per heavy atom. The number of hydrazine groups is 1. The molecular formula is C14H25N3O2S. The molecule has 0 saturated heterocycles. The molecule has 0 saturated carbocycles. The summed E-state index contributed by atoms with van der Waals surface area (Å²) in [5.74, 6) is 5.94. The van der Waals surface area contributed by atoms with Gasteiger partial charge in [0.05, 0.1) is 4.90 Å². The zero-order valence-corrected chi connectivity index (χ0v) is 13.5. The Hall–Kier alpha value is -1.11. The van der Waals surface area contributed by atoms with Crippen LogP contribution in [0.5, 0.6) is 0 Å². The molecule has 0 bridgehead atoms. The maximum absolute atomic E-state index is 12.4. The van der Waals surface area contributed by atoms with Crippen molar-refractivity contribution in [2.24, 2.45) is 11.8 Å². The highest BCUT2D eigenvalue weighted by molar-refractivity contribution is 7.89. The molecule has 5 nitrogen and oxygen atoms in total. The van der Waals surface area contributed by atoms with Gasteiger partial charge in [-0.05, 0) is 55.9 Å². The monoisotopic (exact) mass is 299 g/mol. The van der Waals surface area contributed by atoms with Gasteiger partial charge in [0.2, 0.25) is 10.0 Å². The summed E-state index contributed by atoms with van der Waals surface area (Å²) in [7, 11) is -3.46. The first-order chi connectivity index (χ1) is 9.27. The van der Waals surface area contributed by atoms with Crippen molar-refractivity contribution in [1.82, 2.24) is 4.72 Å². The van der Waals surface area contributed by atoms with Crippen molar-refractivity contribution in [3.63, 3.8) is 0 Å². The standard InChI is InChI=1S/C14H25N3O2S/c1-10(2)6-5-7-16-20(18,19)14-11(3)8-13(17-15)9-12(14)4/h8-10,16-17H,5-7,15H2,1-4H3. The van der Waals surface area contributed by atoms with Gasteiger partial charge in [-0.25, -0.2) is 13.1 Å². The molecule has 0 aliphatic heterocycles. The van der Waals surface area contributed by atoms with Crippen molar-refractivity contribution in [2.75, 3.05) is 12.0 Å². The Morgan fingerprint density at radius 2 is 1.75 bits per heavy atom. The Morgan fingerprint density at radius 3 is 2.20 bits per heavy atom. The maximum atomic E-state index is 12.4. The van der Waals surface area contributed by atoms with Gasteiger partial charge in [-0.1, -0.05) is 13.8 Å². The predicted molar refractivity (Wildman–Crippen MR) is 83.0 cm³/mol. The van der Waals surface area contributed by atoms with E-state index in [0.29, 0.717) is 34.2 Å². The number of nitrogen functional groups attached to an aromatic ring is 1. The summed E-state index contributed by atoms with van der Waals surface area (Å²) in [6.45, 7) is 8.27. The minimum atomic E-state index is -3.46. The zero-order chi connectivity index (χ0) is 15.3. The molecular weight excluding hydrogens is 274 g/mol. The van der Waals surface area contributed by atoms with Crippen molar-refractivity contribution in [1.29, 1.82) is 0 Å². The summed E-state index contributed by atoms with van der Waals surface area (Å²) in [5.41, 5.74) is 4.62. The number of aryl methyl sites for hydroxylation is 2. The van der Waals surface area contributed by atoms with Gasteiger partial charge in [0.15, 0.2) is 0 Å². The third kappa shape index (κ3) is 4.47. The molecule has 0 aromatic heterocycles. The molecule has 0 radical (unpaired) electrons. The van der Waals surface area contributed by atoms with Gasteiger partial charge in [0.25, 0.3) is 0 Å². The molecule has 6 heteroatoms. The molecule has 0 unspecified atom stereocenters. The molecule has 1 aromatic rings. The lowest BCUT2D eigenvalue weighted by Crippen LogP contribution is -2.26. The molecule has 4 N–H and O–H groups in total. The van der Waals surface area contributed by atoms with E-state index in [2.05, 4.69) is 24.0 Å². The quantitative estimate of drug-likeness (QED) is 0.410. The summed E-state index contributed by atoms with van der Waals surface area (Å²) in [4.78, 5) is 0.348. The summed E-state index contributed by atoms with van der Waals surface area (Å²) < 4.78 is 27.4. The molecule has 20 heavy (non-hydrogen) atoms. The van der Waals surface area contributed by atoms with Crippen molar-refractivity contribution in [3.05, 3.63) is 23.3 Å². The van der Waals surface area contributed by atoms with Crippen LogP contribution in [0.2, 0.25) is 0 Å². The Balaban J connectivity index is 2.87. The largest absolute Gasteiger partial charge is 0.324 e. The van der Waals surface area contributed by atoms with Crippen LogP contribution < -0.4 is 16.0 Å². The van der Waals surface area contributed by atoms with Gasteiger partial charge in [-0.2, -0.15) is 0 Å². The van der Waals surface area contributed by atoms with Gasteiger partial charge in [0, 0.05) is 12.2 Å². The minimum absolute atomic E-state index is 0.348. The Kier molecular flexibility index (Phi) is 5.98. The van der Waals surface area contributed by atoms with Crippen LogP contribution in [0.3, 0.4) is 0 Å². The molecule has 0 spiro atoms. The highest BCUT2D eigenvalue weighted by atomic mass is 32.2. The lowest BCUT2D eigenvalue weighted by molar-refractivity contribution is 0.539. The minimum Gasteiger partial charge on any atom is -0.324 e. The molecule has 0 aliphatic rings. The number of rotatable bonds is 7. The van der Waals surface area contributed by atoms with E-state index < -0.39 is 10.0 Å². The fourth-order valence-corrected chi connectivity index (χ4v) is 3.77. The van der Waals surface area contributed by atoms with E-state index in [4.69, 9.17) is 5.84 Å². The van der Waals surface area contributed by atoms with Crippen LogP contribution in [0.1, 0.15) is 37.8 Å². The second-order valence-electron chi connectivity index (χ2n) is 5.52. The highest BCUT2D eigenvalue weighted by Gasteiger charge is 2.19. The summed E-state index contributed by atoms with van der Waals surface area (Å²) in [6, 6.07) is 3.46. The van der Waals surface area contributed by atoms with Crippen LogP contribution in [0.4, 0.5) is 5.69 Å². The number of hydrogen-bond acceptors (Lipinski definition) is 4. The molecule has 0 amide bonds. The molecule has 0 atom stereocenters. The molecule has 1 aromatic carbocycles. The van der Waals surface area contributed by atoms with E-state index in [1.807, 2.05) is 0 Å². The van der Waals surface area contributed by atoms with Crippen molar-refractivity contribution in [3.8, 4) is 0 Å². The average Bonchev–Trinajstić information content (AvgIpc) is 2.33. The van der Waals surface area contributed by atoms with E-state index in [1.54, 1.807) is 26.0 Å². The van der Waals surface area contributed by atoms with Gasteiger partial charge in [0.1, 0.15) is 0 Å². The van der Waals surface area contributed by atoms with Gasteiger partial charge >= 0.3 is 0 Å². The smallest absolute Gasteiger partial charge is 0.241 e. The van der Waals surface area contributed by atoms with Crippen molar-refractivity contribution in [2.45, 2.75) is 45.4 Å². The Bertz CT molecular complexity index is 531. The van der Waals surface area contributed by atoms with E-state index >= 15 is 0 Å². The topological polar surface area (TPSA) is 84.2 Å². The molecule has 0 fully saturated rings. The summed E-state index contributed by atoms with van der Waals surface area (Å²) in [6.07, 6.45) is 1.86. The fourth-order valence-electron chi connectivity index (χ4n) is 2.25. The fraction of sp³-hybridized carbons (Fsp3) is 0.571. The number of nitrogens with two attached hydrogens (primary N) is 1. The van der Waals surface area contributed by atoms with Crippen LogP contribution in [0.25, 0.3) is 0 Å². The maximum Gasteiger partial charge on any atom is 0.241 e. The van der Waals surface area contributed by atoms with E-state index in [9.17, 15) is 8.42 Å². The molecule has 0 heterocycles. The number of hydrogen-bond donors (Lipinski definition) is 3. The highest BCUT2D eigenvalue weighted by Crippen LogP contribution is 2.23. The third-order valence-corrected chi connectivity index (χ3v) is 4.91.